The summed E-state index contributed by atoms with van der Waals surface area (Å²) in [5, 5.41) is 9.67. The highest BCUT2D eigenvalue weighted by molar-refractivity contribution is 5.80. The van der Waals surface area contributed by atoms with Crippen LogP contribution in [0.1, 0.15) is 39.0 Å². The first kappa shape index (κ1) is 17.2. The highest BCUT2D eigenvalue weighted by Crippen LogP contribution is 2.22. The topological polar surface area (TPSA) is 70.1 Å². The van der Waals surface area contributed by atoms with Crippen LogP contribution in [0.25, 0.3) is 0 Å². The van der Waals surface area contributed by atoms with Crippen LogP contribution in [0.3, 0.4) is 0 Å². The fourth-order valence-corrected chi connectivity index (χ4v) is 3.21. The minimum atomic E-state index is -0.268. The maximum Gasteiger partial charge on any atom is 0.248 e. The third-order valence-corrected chi connectivity index (χ3v) is 4.64. The van der Waals surface area contributed by atoms with E-state index in [1.54, 1.807) is 4.90 Å². The molecule has 22 heavy (non-hydrogen) atoms. The van der Waals surface area contributed by atoms with Gasteiger partial charge in [0.05, 0.1) is 6.10 Å². The summed E-state index contributed by atoms with van der Waals surface area (Å²) in [6, 6.07) is 0. The summed E-state index contributed by atoms with van der Waals surface area (Å²) in [5.41, 5.74) is 0. The van der Waals surface area contributed by atoms with E-state index in [9.17, 15) is 14.7 Å². The highest BCUT2D eigenvalue weighted by atomic mass is 16.5. The molecule has 0 aromatic carbocycles. The molecule has 0 spiro atoms. The van der Waals surface area contributed by atoms with Crippen molar-refractivity contribution in [2.24, 2.45) is 5.92 Å². The zero-order valence-electron chi connectivity index (χ0n) is 13.5. The molecule has 0 bridgehead atoms. The Morgan fingerprint density at radius 3 is 2.41 bits per heavy atom. The van der Waals surface area contributed by atoms with Gasteiger partial charge in [-0.15, -0.1) is 0 Å². The summed E-state index contributed by atoms with van der Waals surface area (Å²) in [6.07, 6.45) is 3.53. The lowest BCUT2D eigenvalue weighted by molar-refractivity contribution is -0.142. The van der Waals surface area contributed by atoms with Gasteiger partial charge in [0.2, 0.25) is 11.8 Å². The molecule has 2 aliphatic heterocycles. The molecule has 2 amide bonds. The van der Waals surface area contributed by atoms with E-state index in [1.165, 1.54) is 0 Å². The lowest BCUT2D eigenvalue weighted by Crippen LogP contribution is -2.45. The van der Waals surface area contributed by atoms with E-state index >= 15 is 0 Å². The first-order chi connectivity index (χ1) is 10.6. The molecule has 0 aliphatic carbocycles. The van der Waals surface area contributed by atoms with Crippen molar-refractivity contribution < 1.29 is 19.4 Å². The molecule has 0 aromatic rings. The van der Waals surface area contributed by atoms with Gasteiger partial charge in [0.15, 0.2) is 0 Å². The van der Waals surface area contributed by atoms with E-state index < -0.39 is 0 Å². The Balaban J connectivity index is 1.78. The fraction of sp³-hybridized carbons (Fsp3) is 0.875. The molecule has 2 rings (SSSR count). The Kier molecular flexibility index (Phi) is 6.64. The van der Waals surface area contributed by atoms with Gasteiger partial charge >= 0.3 is 0 Å². The number of aliphatic hydroxyl groups excluding tert-OH is 1. The van der Waals surface area contributed by atoms with Crippen LogP contribution < -0.4 is 0 Å². The normalized spacial score (nSPS) is 24.2. The molecule has 2 fully saturated rings. The molecule has 6 nitrogen and oxygen atoms in total. The van der Waals surface area contributed by atoms with E-state index in [0.29, 0.717) is 32.7 Å². The van der Waals surface area contributed by atoms with Crippen LogP contribution in [0.4, 0.5) is 0 Å². The van der Waals surface area contributed by atoms with Crippen molar-refractivity contribution in [2.75, 3.05) is 39.4 Å². The van der Waals surface area contributed by atoms with Crippen molar-refractivity contribution in [2.45, 2.75) is 45.1 Å². The summed E-state index contributed by atoms with van der Waals surface area (Å²) in [6.45, 7) is 5.23. The van der Waals surface area contributed by atoms with Crippen molar-refractivity contribution >= 4 is 11.8 Å². The number of piperidine rings is 1. The zero-order valence-corrected chi connectivity index (χ0v) is 13.5. The second-order valence-corrected chi connectivity index (χ2v) is 6.20. The molecule has 6 heteroatoms. The number of aliphatic hydroxyl groups is 1. The number of hydrogen-bond donors (Lipinski definition) is 1. The average molecular weight is 312 g/mol. The quantitative estimate of drug-likeness (QED) is 0.827. The van der Waals surface area contributed by atoms with Gasteiger partial charge < -0.3 is 19.6 Å². The number of likely N-dealkylation sites (tertiary alicyclic amines) is 2. The Labute approximate surface area is 132 Å². The van der Waals surface area contributed by atoms with E-state index in [2.05, 4.69) is 0 Å². The van der Waals surface area contributed by atoms with E-state index in [0.717, 1.165) is 32.2 Å². The third-order valence-electron chi connectivity index (χ3n) is 4.64. The van der Waals surface area contributed by atoms with Gasteiger partial charge in [-0.05, 0) is 39.0 Å². The Hall–Kier alpha value is -1.14. The predicted octanol–water partition coefficient (Wildman–Crippen LogP) is 0.635. The van der Waals surface area contributed by atoms with E-state index in [-0.39, 0.29) is 30.4 Å². The minimum absolute atomic E-state index is 0.0191. The van der Waals surface area contributed by atoms with Crippen LogP contribution in [0.15, 0.2) is 0 Å². The summed E-state index contributed by atoms with van der Waals surface area (Å²) in [4.78, 5) is 28.2. The summed E-state index contributed by atoms with van der Waals surface area (Å²) >= 11 is 0. The molecule has 0 unspecified atom stereocenters. The maximum atomic E-state index is 12.6. The van der Waals surface area contributed by atoms with Gasteiger partial charge in [-0.3, -0.25) is 9.59 Å². The van der Waals surface area contributed by atoms with Crippen molar-refractivity contribution in [3.05, 3.63) is 0 Å². The number of ether oxygens (including phenoxy) is 1. The molecule has 2 saturated heterocycles. The SMILES string of the molecule is CCOCC(=O)N1CCC(C(=O)N2CCC[C@@H](O)CC2)CC1. The van der Waals surface area contributed by atoms with Gasteiger partial charge in [-0.1, -0.05) is 0 Å². The van der Waals surface area contributed by atoms with Gasteiger partial charge in [-0.25, -0.2) is 0 Å². The van der Waals surface area contributed by atoms with Crippen molar-refractivity contribution in [3.8, 4) is 0 Å². The number of hydrogen-bond acceptors (Lipinski definition) is 4. The fourth-order valence-electron chi connectivity index (χ4n) is 3.21. The van der Waals surface area contributed by atoms with E-state index in [4.69, 9.17) is 4.74 Å². The molecule has 126 valence electrons. The van der Waals surface area contributed by atoms with Crippen LogP contribution in [0.5, 0.6) is 0 Å². The number of rotatable bonds is 4. The first-order valence-electron chi connectivity index (χ1n) is 8.44. The van der Waals surface area contributed by atoms with Crippen molar-refractivity contribution in [3.63, 3.8) is 0 Å². The van der Waals surface area contributed by atoms with Gasteiger partial charge in [0.25, 0.3) is 0 Å². The van der Waals surface area contributed by atoms with Gasteiger partial charge in [-0.2, -0.15) is 0 Å². The van der Waals surface area contributed by atoms with Gasteiger partial charge in [0, 0.05) is 38.7 Å². The molecule has 1 atom stereocenters. The summed E-state index contributed by atoms with van der Waals surface area (Å²) in [5.74, 6) is 0.239. The second-order valence-electron chi connectivity index (χ2n) is 6.20. The monoisotopic (exact) mass is 312 g/mol. The number of carbonyl (C=O) groups excluding carboxylic acids is 2. The van der Waals surface area contributed by atoms with Crippen molar-refractivity contribution in [1.82, 2.24) is 9.80 Å². The predicted molar refractivity (Wildman–Crippen MR) is 82.2 cm³/mol. The van der Waals surface area contributed by atoms with Crippen molar-refractivity contribution in [1.29, 1.82) is 0 Å². The Bertz CT molecular complexity index is 380. The third kappa shape index (κ3) is 4.68. The molecular weight excluding hydrogens is 284 g/mol. The number of amides is 2. The van der Waals surface area contributed by atoms with Crippen LogP contribution in [0.2, 0.25) is 0 Å². The Morgan fingerprint density at radius 2 is 1.73 bits per heavy atom. The molecular formula is C16H28N2O4. The average Bonchev–Trinajstić information content (AvgIpc) is 2.76. The standard InChI is InChI=1S/C16H28N2O4/c1-2-22-12-15(20)17-9-5-13(6-10-17)16(21)18-8-3-4-14(19)7-11-18/h13-14,19H,2-12H2,1H3/t14-/m1/s1. The van der Waals surface area contributed by atoms with Crippen LogP contribution in [-0.2, 0) is 14.3 Å². The smallest absolute Gasteiger partial charge is 0.248 e. The Morgan fingerprint density at radius 1 is 1.05 bits per heavy atom. The van der Waals surface area contributed by atoms with Gasteiger partial charge in [0.1, 0.15) is 6.61 Å². The van der Waals surface area contributed by atoms with Crippen LogP contribution in [0, 0.1) is 5.92 Å². The summed E-state index contributed by atoms with van der Waals surface area (Å²) < 4.78 is 5.15. The van der Waals surface area contributed by atoms with Crippen LogP contribution in [-0.4, -0.2) is 72.2 Å². The highest BCUT2D eigenvalue weighted by Gasteiger charge is 2.30. The zero-order chi connectivity index (χ0) is 15.9. The minimum Gasteiger partial charge on any atom is -0.393 e. The first-order valence-corrected chi connectivity index (χ1v) is 8.44. The maximum absolute atomic E-state index is 12.6. The molecule has 2 heterocycles. The van der Waals surface area contributed by atoms with E-state index in [1.807, 2.05) is 11.8 Å². The molecule has 0 saturated carbocycles. The second kappa shape index (κ2) is 8.48. The number of nitrogens with zero attached hydrogens (tertiary/aromatic N) is 2. The molecule has 0 aromatic heterocycles. The molecule has 2 aliphatic rings. The molecule has 1 N–H and O–H groups in total. The van der Waals surface area contributed by atoms with Crippen LogP contribution >= 0.6 is 0 Å². The largest absolute Gasteiger partial charge is 0.393 e. The molecule has 0 radical (unpaired) electrons. The summed E-state index contributed by atoms with van der Waals surface area (Å²) in [7, 11) is 0. The lowest BCUT2D eigenvalue weighted by Gasteiger charge is -2.34. The number of carbonyl (C=O) groups is 2. The lowest BCUT2D eigenvalue weighted by atomic mass is 9.95.